The highest BCUT2D eigenvalue weighted by atomic mass is 16.5. The number of hydrogen-bond acceptors (Lipinski definition) is 5. The molecule has 0 saturated carbocycles. The third kappa shape index (κ3) is 3.48. The molecule has 152 valence electrons. The second kappa shape index (κ2) is 7.70. The van der Waals surface area contributed by atoms with Gasteiger partial charge in [0.1, 0.15) is 17.6 Å². The van der Waals surface area contributed by atoms with Crippen molar-refractivity contribution in [2.75, 3.05) is 17.7 Å². The predicted octanol–water partition coefficient (Wildman–Crippen LogP) is 2.78. The number of ether oxygens (including phenoxy) is 1. The average Bonchev–Trinajstić information content (AvgIpc) is 3.16. The summed E-state index contributed by atoms with van der Waals surface area (Å²) in [5.41, 5.74) is 1.74. The first-order valence-electron chi connectivity index (χ1n) is 9.13. The maximum atomic E-state index is 12.9. The number of fused-ring (bicyclic) bond motifs is 1. The Morgan fingerprint density at radius 2 is 2.00 bits per heavy atom. The van der Waals surface area contributed by atoms with E-state index in [2.05, 4.69) is 15.7 Å². The zero-order valence-corrected chi connectivity index (χ0v) is 16.0. The third-order valence-corrected chi connectivity index (χ3v) is 4.80. The summed E-state index contributed by atoms with van der Waals surface area (Å²) in [6.07, 6.45) is 1.48. The normalized spacial score (nSPS) is 15.1. The van der Waals surface area contributed by atoms with Crippen LogP contribution in [0.3, 0.4) is 0 Å². The molecule has 1 aliphatic rings. The van der Waals surface area contributed by atoms with Gasteiger partial charge in [-0.25, -0.2) is 9.48 Å². The Morgan fingerprint density at radius 3 is 2.77 bits per heavy atom. The topological polar surface area (TPSA) is 123 Å². The van der Waals surface area contributed by atoms with Crippen LogP contribution in [-0.4, -0.2) is 39.8 Å². The van der Waals surface area contributed by atoms with Crippen LogP contribution in [0.4, 0.5) is 11.5 Å². The molecule has 0 unspecified atom stereocenters. The molecule has 2 amide bonds. The monoisotopic (exact) mass is 406 g/mol. The van der Waals surface area contributed by atoms with Gasteiger partial charge in [-0.05, 0) is 24.3 Å². The van der Waals surface area contributed by atoms with Crippen molar-refractivity contribution < 1.29 is 24.2 Å². The van der Waals surface area contributed by atoms with Gasteiger partial charge < -0.3 is 20.5 Å². The Morgan fingerprint density at radius 1 is 1.20 bits per heavy atom. The van der Waals surface area contributed by atoms with Gasteiger partial charge in [-0.2, -0.15) is 5.10 Å². The smallest absolute Gasteiger partial charge is 0.335 e. The zero-order valence-electron chi connectivity index (χ0n) is 16.0. The molecule has 2 aromatic carbocycles. The number of hydrogen-bond donors (Lipinski definition) is 3. The van der Waals surface area contributed by atoms with Crippen LogP contribution in [0, 0.1) is 0 Å². The molecular weight excluding hydrogens is 388 g/mol. The fourth-order valence-corrected chi connectivity index (χ4v) is 3.39. The van der Waals surface area contributed by atoms with E-state index in [1.165, 1.54) is 22.9 Å². The van der Waals surface area contributed by atoms with Crippen LogP contribution in [0.2, 0.25) is 0 Å². The Hall–Kier alpha value is -4.14. The van der Waals surface area contributed by atoms with E-state index in [0.29, 0.717) is 22.8 Å². The molecule has 0 aliphatic carbocycles. The highest BCUT2D eigenvalue weighted by Crippen LogP contribution is 2.38. The molecule has 0 spiro atoms. The minimum Gasteiger partial charge on any atom is -0.496 e. The highest BCUT2D eigenvalue weighted by Gasteiger charge is 2.33. The molecule has 0 fully saturated rings. The molecule has 3 aromatic rings. The Kier molecular flexibility index (Phi) is 4.93. The molecule has 1 aliphatic heterocycles. The molecule has 0 radical (unpaired) electrons. The number of carboxylic acid groups (broad SMARTS) is 1. The van der Waals surface area contributed by atoms with Gasteiger partial charge in [0.25, 0.3) is 0 Å². The second-order valence-electron chi connectivity index (χ2n) is 6.70. The molecule has 1 aromatic heterocycles. The van der Waals surface area contributed by atoms with Crippen molar-refractivity contribution >= 4 is 29.3 Å². The number of carbonyl (C=O) groups excluding carboxylic acids is 2. The number of para-hydroxylation sites is 1. The van der Waals surface area contributed by atoms with Crippen LogP contribution in [-0.2, 0) is 9.59 Å². The summed E-state index contributed by atoms with van der Waals surface area (Å²) >= 11 is 0. The van der Waals surface area contributed by atoms with E-state index >= 15 is 0 Å². The summed E-state index contributed by atoms with van der Waals surface area (Å²) in [6, 6.07) is 12.3. The van der Waals surface area contributed by atoms with E-state index in [9.17, 15) is 14.4 Å². The number of methoxy groups -OCH3 is 1. The molecule has 2 heterocycles. The number of rotatable bonds is 5. The lowest BCUT2D eigenvalue weighted by atomic mass is 10.1. The summed E-state index contributed by atoms with van der Waals surface area (Å²) < 4.78 is 6.85. The van der Waals surface area contributed by atoms with Crippen LogP contribution < -0.4 is 15.4 Å². The molecular formula is C21H18N4O5. The average molecular weight is 406 g/mol. The maximum Gasteiger partial charge on any atom is 0.335 e. The zero-order chi connectivity index (χ0) is 21.3. The minimum atomic E-state index is -1.10. The standard InChI is InChI=1S/C21H18N4O5/c1-30-17-8-3-2-7-14(17)15-11-22-25-16(10-18(26)24-19(15)25)20(27)23-13-6-4-5-12(9-13)21(28)29/h2-9,11,16H,10H2,1H3,(H,23,27)(H,24,26)(H,28,29)/t16-/m1/s1. The molecule has 30 heavy (non-hydrogen) atoms. The predicted molar refractivity (Wildman–Crippen MR) is 109 cm³/mol. The number of aromatic carboxylic acids is 1. The van der Waals surface area contributed by atoms with Crippen molar-refractivity contribution in [2.24, 2.45) is 0 Å². The molecule has 1 atom stereocenters. The van der Waals surface area contributed by atoms with Gasteiger partial charge in [0.15, 0.2) is 0 Å². The van der Waals surface area contributed by atoms with Gasteiger partial charge >= 0.3 is 5.97 Å². The van der Waals surface area contributed by atoms with Crippen molar-refractivity contribution in [2.45, 2.75) is 12.5 Å². The maximum absolute atomic E-state index is 12.9. The Labute approximate surface area is 171 Å². The second-order valence-corrected chi connectivity index (χ2v) is 6.70. The van der Waals surface area contributed by atoms with Gasteiger partial charge in [0, 0.05) is 16.8 Å². The summed E-state index contributed by atoms with van der Waals surface area (Å²) in [5.74, 6) is -0.879. The van der Waals surface area contributed by atoms with E-state index < -0.39 is 17.9 Å². The van der Waals surface area contributed by atoms with Crippen molar-refractivity contribution in [3.8, 4) is 16.9 Å². The quantitative estimate of drug-likeness (QED) is 0.599. The lowest BCUT2D eigenvalue weighted by Gasteiger charge is -2.24. The fourth-order valence-electron chi connectivity index (χ4n) is 3.39. The highest BCUT2D eigenvalue weighted by molar-refractivity contribution is 6.03. The molecule has 0 saturated heterocycles. The number of carboxylic acids is 1. The molecule has 4 rings (SSSR count). The van der Waals surface area contributed by atoms with Crippen molar-refractivity contribution in [1.82, 2.24) is 9.78 Å². The van der Waals surface area contributed by atoms with Crippen LogP contribution >= 0.6 is 0 Å². The molecule has 9 nitrogen and oxygen atoms in total. The van der Waals surface area contributed by atoms with Crippen LogP contribution in [0.1, 0.15) is 22.8 Å². The Bertz CT molecular complexity index is 1150. The van der Waals surface area contributed by atoms with Gasteiger partial charge in [-0.1, -0.05) is 24.3 Å². The van der Waals surface area contributed by atoms with Gasteiger partial charge in [0.2, 0.25) is 11.8 Å². The van der Waals surface area contributed by atoms with E-state index in [1.807, 2.05) is 18.2 Å². The third-order valence-electron chi connectivity index (χ3n) is 4.80. The van der Waals surface area contributed by atoms with Crippen molar-refractivity contribution in [3.05, 3.63) is 60.3 Å². The number of nitrogens with one attached hydrogen (secondary N) is 2. The first-order chi connectivity index (χ1) is 14.5. The molecule has 3 N–H and O–H groups in total. The first kappa shape index (κ1) is 19.2. The van der Waals surface area contributed by atoms with Gasteiger partial charge in [0.05, 0.1) is 25.3 Å². The summed E-state index contributed by atoms with van der Waals surface area (Å²) in [4.78, 5) is 36.4. The summed E-state index contributed by atoms with van der Waals surface area (Å²) in [7, 11) is 1.55. The van der Waals surface area contributed by atoms with E-state index in [0.717, 1.165) is 5.56 Å². The van der Waals surface area contributed by atoms with Gasteiger partial charge in [-0.3, -0.25) is 9.59 Å². The van der Waals surface area contributed by atoms with Crippen LogP contribution in [0.5, 0.6) is 5.75 Å². The number of aromatic nitrogens is 2. The van der Waals surface area contributed by atoms with Crippen LogP contribution in [0.15, 0.2) is 54.7 Å². The largest absolute Gasteiger partial charge is 0.496 e. The number of carbonyl (C=O) groups is 3. The van der Waals surface area contributed by atoms with Crippen molar-refractivity contribution in [1.29, 1.82) is 0 Å². The molecule has 9 heteroatoms. The molecule has 0 bridgehead atoms. The summed E-state index contributed by atoms with van der Waals surface area (Å²) in [5, 5.41) is 18.9. The number of nitrogens with zero attached hydrogens (tertiary/aromatic N) is 2. The van der Waals surface area contributed by atoms with E-state index in [-0.39, 0.29) is 17.9 Å². The minimum absolute atomic E-state index is 0.0485. The van der Waals surface area contributed by atoms with E-state index in [1.54, 1.807) is 25.4 Å². The van der Waals surface area contributed by atoms with Crippen LogP contribution in [0.25, 0.3) is 11.1 Å². The van der Waals surface area contributed by atoms with Gasteiger partial charge in [-0.15, -0.1) is 0 Å². The van der Waals surface area contributed by atoms with Crippen molar-refractivity contribution in [3.63, 3.8) is 0 Å². The number of amides is 2. The lowest BCUT2D eigenvalue weighted by molar-refractivity contribution is -0.125. The summed E-state index contributed by atoms with van der Waals surface area (Å²) in [6.45, 7) is 0. The van der Waals surface area contributed by atoms with E-state index in [4.69, 9.17) is 9.84 Å². The Balaban J connectivity index is 1.67. The number of anilines is 2. The fraction of sp³-hybridized carbons (Fsp3) is 0.143. The lowest BCUT2D eigenvalue weighted by Crippen LogP contribution is -2.35. The first-order valence-corrected chi connectivity index (χ1v) is 9.13. The SMILES string of the molecule is COc1ccccc1-c1cnn2c1NC(=O)C[C@@H]2C(=O)Nc1cccc(C(=O)O)c1. The number of benzene rings is 2.